The van der Waals surface area contributed by atoms with Crippen LogP contribution >= 0.6 is 11.6 Å². The van der Waals surface area contributed by atoms with Gasteiger partial charge in [0.15, 0.2) is 11.5 Å². The molecule has 0 fully saturated rings. The van der Waals surface area contributed by atoms with Crippen LogP contribution in [0.4, 0.5) is 0 Å². The van der Waals surface area contributed by atoms with Gasteiger partial charge in [-0.1, -0.05) is 24.9 Å². The third-order valence-electron chi connectivity index (χ3n) is 8.51. The van der Waals surface area contributed by atoms with Crippen LogP contribution in [0.2, 0.25) is 0 Å². The summed E-state index contributed by atoms with van der Waals surface area (Å²) in [6.45, 7) is 2.38. The molecule has 2 heterocycles. The average molecular weight is 558 g/mol. The zero-order chi connectivity index (χ0) is 27.9. The van der Waals surface area contributed by atoms with Gasteiger partial charge in [-0.15, -0.1) is 0 Å². The Morgan fingerprint density at radius 2 is 1.59 bits per heavy atom. The lowest BCUT2D eigenvalue weighted by molar-refractivity contribution is -0.0165. The van der Waals surface area contributed by atoms with E-state index in [1.54, 1.807) is 0 Å². The van der Waals surface area contributed by atoms with Crippen molar-refractivity contribution in [3.05, 3.63) is 44.8 Å². The number of hydrogen-bond donors (Lipinski definition) is 6. The molecule has 0 spiro atoms. The standard InChI is InChI=1S/C29H32ClNO8/c1-4-5-16-22(30)21-15(10-31(16)2)26(37)19-11(24(21)35)6-7-12-20(19)25(36)14-8-13-23(34)17(32)9-18(33)27(13)39-29(14)28(12)38-3/h17-18,23,32-37H,4-10H2,1-3H3. The van der Waals surface area contributed by atoms with Crippen molar-refractivity contribution >= 4 is 16.6 Å². The summed E-state index contributed by atoms with van der Waals surface area (Å²) in [5.41, 5.74) is 4.09. The quantitative estimate of drug-likeness (QED) is 0.313. The smallest absolute Gasteiger partial charge is 0.176 e. The number of aromatic hydroxyl groups is 3. The molecule has 2 aliphatic carbocycles. The van der Waals surface area contributed by atoms with E-state index in [1.807, 2.05) is 11.9 Å². The molecule has 0 saturated heterocycles. The molecule has 6 rings (SSSR count). The van der Waals surface area contributed by atoms with E-state index >= 15 is 0 Å². The van der Waals surface area contributed by atoms with E-state index in [0.717, 1.165) is 18.5 Å². The minimum absolute atomic E-state index is 0.000125. The number of allylic oxidation sites excluding steroid dienone is 1. The van der Waals surface area contributed by atoms with Crippen LogP contribution in [0.15, 0.2) is 17.0 Å². The Kier molecular flexibility index (Phi) is 6.18. The van der Waals surface area contributed by atoms with E-state index in [9.17, 15) is 30.6 Å². The van der Waals surface area contributed by atoms with Crippen molar-refractivity contribution in [2.24, 2.45) is 0 Å². The number of halogens is 1. The van der Waals surface area contributed by atoms with Crippen LogP contribution in [0.1, 0.15) is 54.0 Å². The van der Waals surface area contributed by atoms with Crippen molar-refractivity contribution in [3.8, 4) is 39.9 Å². The van der Waals surface area contributed by atoms with Crippen molar-refractivity contribution in [2.45, 2.75) is 70.3 Å². The first-order valence-electron chi connectivity index (χ1n) is 13.2. The number of methoxy groups -OCH3 is 1. The van der Waals surface area contributed by atoms with Crippen LogP contribution in [0.5, 0.6) is 28.7 Å². The number of fused-ring (bicyclic) bond motifs is 5. The SMILES string of the molecule is CCCC1=C(Cl)c2c(O)c3c(c(O)c2CN1C)-c1c(O)c2c(c(OC)c1CC3)OC1=C(C2)C(O)C(O)CC1O. The molecule has 0 bridgehead atoms. The molecule has 6 N–H and O–H groups in total. The van der Waals surface area contributed by atoms with E-state index in [1.165, 1.54) is 7.11 Å². The van der Waals surface area contributed by atoms with E-state index in [2.05, 4.69) is 6.92 Å². The summed E-state index contributed by atoms with van der Waals surface area (Å²) >= 11 is 6.79. The molecule has 0 amide bonds. The molecule has 4 aliphatic rings. The van der Waals surface area contributed by atoms with Gasteiger partial charge in [-0.2, -0.15) is 0 Å². The lowest BCUT2D eigenvalue weighted by atomic mass is 9.77. The van der Waals surface area contributed by atoms with Gasteiger partial charge in [-0.05, 0) is 19.3 Å². The van der Waals surface area contributed by atoms with Crippen LogP contribution in [0, 0.1) is 0 Å². The number of rotatable bonds is 3. The second kappa shape index (κ2) is 9.23. The molecular weight excluding hydrogens is 526 g/mol. The van der Waals surface area contributed by atoms with Gasteiger partial charge < -0.3 is 45.0 Å². The Morgan fingerprint density at radius 1 is 0.949 bits per heavy atom. The van der Waals surface area contributed by atoms with Gasteiger partial charge in [-0.25, -0.2) is 0 Å². The van der Waals surface area contributed by atoms with Crippen molar-refractivity contribution in [1.29, 1.82) is 0 Å². The summed E-state index contributed by atoms with van der Waals surface area (Å²) < 4.78 is 11.8. The van der Waals surface area contributed by atoms with Gasteiger partial charge in [-0.3, -0.25) is 0 Å². The van der Waals surface area contributed by atoms with Crippen molar-refractivity contribution in [2.75, 3.05) is 14.2 Å². The first-order chi connectivity index (χ1) is 18.6. The number of phenolic OH excluding ortho intramolecular Hbond substituents is 3. The highest BCUT2D eigenvalue weighted by atomic mass is 35.5. The Bertz CT molecular complexity index is 1480. The van der Waals surface area contributed by atoms with Crippen molar-refractivity contribution < 1.29 is 40.1 Å². The van der Waals surface area contributed by atoms with E-state index in [0.29, 0.717) is 69.1 Å². The van der Waals surface area contributed by atoms with Gasteiger partial charge in [0.05, 0.1) is 18.2 Å². The van der Waals surface area contributed by atoms with Crippen molar-refractivity contribution in [3.63, 3.8) is 0 Å². The summed E-state index contributed by atoms with van der Waals surface area (Å²) in [5.74, 6) is 0.464. The Hall–Kier alpha value is -3.11. The number of nitrogens with zero attached hydrogens (tertiary/aromatic N) is 1. The molecule has 0 radical (unpaired) electrons. The third kappa shape index (κ3) is 3.57. The molecule has 2 aromatic carbocycles. The molecule has 3 unspecified atom stereocenters. The van der Waals surface area contributed by atoms with E-state index in [-0.39, 0.29) is 47.2 Å². The Morgan fingerprint density at radius 3 is 2.28 bits per heavy atom. The summed E-state index contributed by atoms with van der Waals surface area (Å²) in [6.07, 6.45) is -1.30. The fraction of sp³-hybridized carbons (Fsp3) is 0.448. The topological polar surface area (TPSA) is 143 Å². The number of phenols is 3. The lowest BCUT2D eigenvalue weighted by Gasteiger charge is -2.38. The second-order valence-corrected chi connectivity index (χ2v) is 11.1. The number of hydrogen-bond acceptors (Lipinski definition) is 9. The molecule has 208 valence electrons. The maximum Gasteiger partial charge on any atom is 0.176 e. The first kappa shape index (κ1) is 26.1. The minimum Gasteiger partial charge on any atom is -0.507 e. The molecule has 39 heavy (non-hydrogen) atoms. The normalized spacial score (nSPS) is 23.5. The maximum atomic E-state index is 11.7. The van der Waals surface area contributed by atoms with Crippen LogP contribution in [0.3, 0.4) is 0 Å². The highest BCUT2D eigenvalue weighted by Crippen LogP contribution is 2.59. The molecule has 3 atom stereocenters. The molecule has 10 heteroatoms. The zero-order valence-electron chi connectivity index (χ0n) is 22.0. The fourth-order valence-corrected chi connectivity index (χ4v) is 7.07. The number of aliphatic hydroxyl groups is 3. The number of aliphatic hydroxyl groups excluding tert-OH is 3. The Labute approximate surface area is 230 Å². The lowest BCUT2D eigenvalue weighted by Crippen LogP contribution is -2.42. The monoisotopic (exact) mass is 557 g/mol. The summed E-state index contributed by atoms with van der Waals surface area (Å²) in [4.78, 5) is 1.96. The molecule has 9 nitrogen and oxygen atoms in total. The van der Waals surface area contributed by atoms with Crippen LogP contribution in [-0.2, 0) is 25.8 Å². The van der Waals surface area contributed by atoms with E-state index in [4.69, 9.17) is 21.1 Å². The molecule has 0 aromatic heterocycles. The second-order valence-electron chi connectivity index (χ2n) is 10.7. The third-order valence-corrected chi connectivity index (χ3v) is 8.91. The van der Waals surface area contributed by atoms with Gasteiger partial charge in [0.1, 0.15) is 35.2 Å². The number of benzene rings is 2. The predicted molar refractivity (Wildman–Crippen MR) is 144 cm³/mol. The highest BCUT2D eigenvalue weighted by Gasteiger charge is 2.43. The van der Waals surface area contributed by atoms with Gasteiger partial charge in [0.25, 0.3) is 0 Å². The molecule has 2 aromatic rings. The van der Waals surface area contributed by atoms with Gasteiger partial charge >= 0.3 is 0 Å². The summed E-state index contributed by atoms with van der Waals surface area (Å²) in [7, 11) is 3.36. The van der Waals surface area contributed by atoms with Crippen LogP contribution in [-0.4, -0.2) is 68.0 Å². The maximum absolute atomic E-state index is 11.7. The highest BCUT2D eigenvalue weighted by molar-refractivity contribution is 6.50. The average Bonchev–Trinajstić information content (AvgIpc) is 2.91. The van der Waals surface area contributed by atoms with Crippen LogP contribution in [0.25, 0.3) is 16.2 Å². The minimum atomic E-state index is -1.27. The first-order valence-corrected chi connectivity index (χ1v) is 13.6. The predicted octanol–water partition coefficient (Wildman–Crippen LogP) is 3.41. The van der Waals surface area contributed by atoms with Gasteiger partial charge in [0, 0.05) is 76.6 Å². The van der Waals surface area contributed by atoms with Crippen molar-refractivity contribution in [1.82, 2.24) is 4.90 Å². The fourth-order valence-electron chi connectivity index (χ4n) is 6.63. The van der Waals surface area contributed by atoms with E-state index < -0.39 is 18.3 Å². The summed E-state index contributed by atoms with van der Waals surface area (Å²) in [5, 5.41) is 66.7. The molecule has 0 saturated carbocycles. The van der Waals surface area contributed by atoms with Crippen LogP contribution < -0.4 is 9.47 Å². The zero-order valence-corrected chi connectivity index (χ0v) is 22.8. The largest absolute Gasteiger partial charge is 0.507 e. The van der Waals surface area contributed by atoms with Gasteiger partial charge in [0.2, 0.25) is 0 Å². The number of ether oxygens (including phenoxy) is 2. The Balaban J connectivity index is 1.59. The molecular formula is C29H32ClNO8. The summed E-state index contributed by atoms with van der Waals surface area (Å²) in [6, 6.07) is 0. The molecule has 2 aliphatic heterocycles.